The van der Waals surface area contributed by atoms with E-state index in [1.807, 2.05) is 32.9 Å². The average molecular weight is 254 g/mol. The molecule has 0 aliphatic rings. The van der Waals surface area contributed by atoms with E-state index in [0.717, 1.165) is 21.2 Å². The SMILES string of the molecule is Cc1cc(C(C)N=C=O)cc(C)c1Br. The lowest BCUT2D eigenvalue weighted by molar-refractivity contribution is 0.559. The Bertz CT molecular complexity index is 371. The number of rotatable bonds is 2. The van der Waals surface area contributed by atoms with Crippen LogP contribution in [0.1, 0.15) is 29.7 Å². The molecule has 1 rings (SSSR count). The molecule has 0 bridgehead atoms. The molecule has 1 atom stereocenters. The first kappa shape index (κ1) is 11.2. The lowest BCUT2D eigenvalue weighted by atomic mass is 10.0. The van der Waals surface area contributed by atoms with Gasteiger partial charge in [-0.15, -0.1) is 0 Å². The van der Waals surface area contributed by atoms with Gasteiger partial charge >= 0.3 is 0 Å². The molecule has 0 heterocycles. The van der Waals surface area contributed by atoms with Gasteiger partial charge in [-0.3, -0.25) is 0 Å². The molecule has 2 nitrogen and oxygen atoms in total. The molecule has 14 heavy (non-hydrogen) atoms. The smallest absolute Gasteiger partial charge is 0.211 e. The lowest BCUT2D eigenvalue weighted by Crippen LogP contribution is -1.93. The summed E-state index contributed by atoms with van der Waals surface area (Å²) in [6.45, 7) is 5.93. The molecule has 1 aromatic carbocycles. The number of benzene rings is 1. The Hall–Kier alpha value is -0.920. The molecule has 1 aromatic rings. The van der Waals surface area contributed by atoms with Gasteiger partial charge in [-0.1, -0.05) is 28.1 Å². The van der Waals surface area contributed by atoms with Crippen molar-refractivity contribution in [2.45, 2.75) is 26.8 Å². The molecule has 0 spiro atoms. The standard InChI is InChI=1S/C11H12BrNO/c1-7-4-10(9(3)13-6-14)5-8(2)11(7)12/h4-5,9H,1-3H3. The highest BCUT2D eigenvalue weighted by atomic mass is 79.9. The quantitative estimate of drug-likeness (QED) is 0.587. The van der Waals surface area contributed by atoms with Crippen LogP contribution in [0.2, 0.25) is 0 Å². The van der Waals surface area contributed by atoms with Gasteiger partial charge in [-0.2, -0.15) is 4.99 Å². The summed E-state index contributed by atoms with van der Waals surface area (Å²) in [5.74, 6) is 0. The zero-order valence-corrected chi connectivity index (χ0v) is 10.1. The third-order valence-corrected chi connectivity index (χ3v) is 3.44. The Morgan fingerprint density at radius 1 is 1.36 bits per heavy atom. The Labute approximate surface area is 92.2 Å². The van der Waals surface area contributed by atoms with Crippen LogP contribution in [0.3, 0.4) is 0 Å². The van der Waals surface area contributed by atoms with Gasteiger partial charge in [0.1, 0.15) is 0 Å². The minimum absolute atomic E-state index is 0.113. The molecule has 0 aliphatic heterocycles. The summed E-state index contributed by atoms with van der Waals surface area (Å²) in [6.07, 6.45) is 1.58. The van der Waals surface area contributed by atoms with Crippen LogP contribution in [0.25, 0.3) is 0 Å². The highest BCUT2D eigenvalue weighted by molar-refractivity contribution is 9.10. The number of hydrogen-bond donors (Lipinski definition) is 0. The van der Waals surface area contributed by atoms with Crippen LogP contribution in [-0.4, -0.2) is 6.08 Å². The van der Waals surface area contributed by atoms with E-state index < -0.39 is 0 Å². The molecule has 1 unspecified atom stereocenters. The van der Waals surface area contributed by atoms with Crippen LogP contribution >= 0.6 is 15.9 Å². The van der Waals surface area contributed by atoms with Gasteiger partial charge in [-0.05, 0) is 37.5 Å². The first-order chi connectivity index (χ1) is 6.56. The first-order valence-electron chi connectivity index (χ1n) is 4.40. The second-order valence-electron chi connectivity index (χ2n) is 3.37. The van der Waals surface area contributed by atoms with Crippen molar-refractivity contribution in [1.82, 2.24) is 0 Å². The summed E-state index contributed by atoms with van der Waals surface area (Å²) in [5.41, 5.74) is 3.37. The summed E-state index contributed by atoms with van der Waals surface area (Å²) in [6, 6.07) is 3.95. The van der Waals surface area contributed by atoms with Crippen molar-refractivity contribution in [2.75, 3.05) is 0 Å². The van der Waals surface area contributed by atoms with E-state index >= 15 is 0 Å². The van der Waals surface area contributed by atoms with Gasteiger partial charge in [-0.25, -0.2) is 4.79 Å². The zero-order chi connectivity index (χ0) is 10.7. The van der Waals surface area contributed by atoms with Crippen molar-refractivity contribution in [3.05, 3.63) is 33.3 Å². The van der Waals surface area contributed by atoms with E-state index in [4.69, 9.17) is 0 Å². The maximum absolute atomic E-state index is 10.1. The maximum Gasteiger partial charge on any atom is 0.235 e. The number of aryl methyl sites for hydroxylation is 2. The summed E-state index contributed by atoms with van der Waals surface area (Å²) in [7, 11) is 0. The van der Waals surface area contributed by atoms with Gasteiger partial charge in [0.25, 0.3) is 0 Å². The summed E-state index contributed by atoms with van der Waals surface area (Å²) >= 11 is 3.49. The van der Waals surface area contributed by atoms with E-state index in [0.29, 0.717) is 0 Å². The van der Waals surface area contributed by atoms with Crippen molar-refractivity contribution >= 4 is 22.0 Å². The molecule has 0 amide bonds. The van der Waals surface area contributed by atoms with Gasteiger partial charge in [0, 0.05) is 4.47 Å². The zero-order valence-electron chi connectivity index (χ0n) is 8.47. The Kier molecular flexibility index (Phi) is 3.62. The molecule has 0 saturated carbocycles. The number of nitrogens with zero attached hydrogens (tertiary/aromatic N) is 1. The van der Waals surface area contributed by atoms with Crippen LogP contribution < -0.4 is 0 Å². The van der Waals surface area contributed by atoms with Gasteiger partial charge in [0.05, 0.1) is 6.04 Å². The van der Waals surface area contributed by atoms with Crippen molar-refractivity contribution < 1.29 is 4.79 Å². The number of hydrogen-bond acceptors (Lipinski definition) is 2. The predicted octanol–water partition coefficient (Wildman–Crippen LogP) is 3.46. The van der Waals surface area contributed by atoms with E-state index in [2.05, 4.69) is 20.9 Å². The third-order valence-electron chi connectivity index (χ3n) is 2.19. The molecule has 0 radical (unpaired) electrons. The minimum Gasteiger partial charge on any atom is -0.211 e. The predicted molar refractivity (Wildman–Crippen MR) is 60.2 cm³/mol. The number of carbonyl (C=O) groups excluding carboxylic acids is 1. The molecule has 3 heteroatoms. The van der Waals surface area contributed by atoms with Crippen LogP contribution in [0.4, 0.5) is 0 Å². The Balaban J connectivity index is 3.18. The molecule has 0 aliphatic carbocycles. The average Bonchev–Trinajstić information content (AvgIpc) is 2.13. The number of aliphatic imine (C=N–C) groups is 1. The molecule has 74 valence electrons. The number of isocyanates is 1. The summed E-state index contributed by atoms with van der Waals surface area (Å²) in [4.78, 5) is 13.8. The van der Waals surface area contributed by atoms with Crippen LogP contribution in [-0.2, 0) is 4.79 Å². The fourth-order valence-electron chi connectivity index (χ4n) is 1.37. The Morgan fingerprint density at radius 2 is 1.86 bits per heavy atom. The Morgan fingerprint density at radius 3 is 2.29 bits per heavy atom. The van der Waals surface area contributed by atoms with Crippen LogP contribution in [0.5, 0.6) is 0 Å². The van der Waals surface area contributed by atoms with Gasteiger partial charge in [0.2, 0.25) is 6.08 Å². The van der Waals surface area contributed by atoms with Crippen LogP contribution in [0.15, 0.2) is 21.6 Å². The third kappa shape index (κ3) is 2.31. The normalized spacial score (nSPS) is 12.0. The fourth-order valence-corrected chi connectivity index (χ4v) is 1.60. The first-order valence-corrected chi connectivity index (χ1v) is 5.19. The van der Waals surface area contributed by atoms with E-state index in [1.165, 1.54) is 0 Å². The van der Waals surface area contributed by atoms with Gasteiger partial charge < -0.3 is 0 Å². The van der Waals surface area contributed by atoms with Crippen LogP contribution in [0, 0.1) is 13.8 Å². The molecular formula is C11H12BrNO. The highest BCUT2D eigenvalue weighted by Gasteiger charge is 2.07. The monoisotopic (exact) mass is 253 g/mol. The van der Waals surface area contributed by atoms with Gasteiger partial charge in [0.15, 0.2) is 0 Å². The topological polar surface area (TPSA) is 29.4 Å². The van der Waals surface area contributed by atoms with Crippen molar-refractivity contribution in [3.8, 4) is 0 Å². The second kappa shape index (κ2) is 4.54. The molecule has 0 aromatic heterocycles. The maximum atomic E-state index is 10.1. The van der Waals surface area contributed by atoms with Crippen molar-refractivity contribution in [2.24, 2.45) is 4.99 Å². The lowest BCUT2D eigenvalue weighted by Gasteiger charge is -2.09. The minimum atomic E-state index is -0.113. The van der Waals surface area contributed by atoms with Crippen molar-refractivity contribution in [1.29, 1.82) is 0 Å². The summed E-state index contributed by atoms with van der Waals surface area (Å²) < 4.78 is 1.11. The second-order valence-corrected chi connectivity index (χ2v) is 4.16. The molecule has 0 fully saturated rings. The van der Waals surface area contributed by atoms with E-state index in [9.17, 15) is 4.79 Å². The van der Waals surface area contributed by atoms with E-state index in [1.54, 1.807) is 6.08 Å². The number of halogens is 1. The highest BCUT2D eigenvalue weighted by Crippen LogP contribution is 2.26. The van der Waals surface area contributed by atoms with E-state index in [-0.39, 0.29) is 6.04 Å². The molecule has 0 saturated heterocycles. The molecular weight excluding hydrogens is 242 g/mol. The fraction of sp³-hybridized carbons (Fsp3) is 0.364. The summed E-state index contributed by atoms with van der Waals surface area (Å²) in [5, 5.41) is 0. The largest absolute Gasteiger partial charge is 0.235 e. The molecule has 0 N–H and O–H groups in total. The van der Waals surface area contributed by atoms with Crippen molar-refractivity contribution in [3.63, 3.8) is 0 Å².